The zero-order chi connectivity index (χ0) is 20.1. The van der Waals surface area contributed by atoms with E-state index in [4.69, 9.17) is 5.73 Å². The van der Waals surface area contributed by atoms with Gasteiger partial charge in [0.25, 0.3) is 5.91 Å². The maximum absolute atomic E-state index is 13.2. The molecular weight excluding hydrogens is 348 g/mol. The molecule has 0 fully saturated rings. The van der Waals surface area contributed by atoms with Crippen LogP contribution in [0.5, 0.6) is 0 Å². The van der Waals surface area contributed by atoms with Crippen LogP contribution in [0, 0.1) is 5.92 Å². The van der Waals surface area contributed by atoms with Crippen LogP contribution < -0.4 is 11.1 Å². The van der Waals surface area contributed by atoms with E-state index >= 15 is 0 Å². The van der Waals surface area contributed by atoms with Crippen LogP contribution >= 0.6 is 0 Å². The minimum absolute atomic E-state index is 0.0690. The first-order valence-corrected chi connectivity index (χ1v) is 9.54. The number of pyridine rings is 1. The maximum Gasteiger partial charge on any atom is 0.258 e. The third-order valence-electron chi connectivity index (χ3n) is 4.64. The molecule has 1 unspecified atom stereocenters. The normalized spacial score (nSPS) is 12.9. The summed E-state index contributed by atoms with van der Waals surface area (Å²) in [7, 11) is 0. The monoisotopic (exact) mass is 374 g/mol. The lowest BCUT2D eigenvalue weighted by Gasteiger charge is -2.19. The Labute approximate surface area is 165 Å². The summed E-state index contributed by atoms with van der Waals surface area (Å²) in [4.78, 5) is 22.0. The number of carbonyl (C=O) groups excluding carboxylic acids is 1. The largest absolute Gasteiger partial charge is 0.369 e. The highest BCUT2D eigenvalue weighted by molar-refractivity contribution is 6.13. The van der Waals surface area contributed by atoms with E-state index in [0.29, 0.717) is 17.2 Å². The maximum atomic E-state index is 13.2. The fraction of sp³-hybridized carbons (Fsp3) is 0.261. The molecular formula is C23H26N4O. The summed E-state index contributed by atoms with van der Waals surface area (Å²) in [5.41, 5.74) is 9.01. The summed E-state index contributed by atoms with van der Waals surface area (Å²) in [6.07, 6.45) is 2.78. The molecule has 3 N–H and O–H groups in total. The van der Waals surface area contributed by atoms with Gasteiger partial charge in [0.15, 0.2) is 0 Å². The molecule has 1 atom stereocenters. The smallest absolute Gasteiger partial charge is 0.258 e. The van der Waals surface area contributed by atoms with Gasteiger partial charge in [-0.2, -0.15) is 0 Å². The first kappa shape index (κ1) is 19.5. The highest BCUT2D eigenvalue weighted by Crippen LogP contribution is 2.30. The van der Waals surface area contributed by atoms with Gasteiger partial charge < -0.3 is 5.73 Å². The average Bonchev–Trinajstić information content (AvgIpc) is 2.67. The zero-order valence-electron chi connectivity index (χ0n) is 16.5. The molecule has 2 aromatic carbocycles. The number of carbonyl (C=O) groups is 1. The Morgan fingerprint density at radius 3 is 2.46 bits per heavy atom. The average molecular weight is 374 g/mol. The van der Waals surface area contributed by atoms with Crippen molar-refractivity contribution in [3.05, 3.63) is 71.9 Å². The Kier molecular flexibility index (Phi) is 6.04. The Bertz CT molecular complexity index is 996. The van der Waals surface area contributed by atoms with Crippen LogP contribution in [0.3, 0.4) is 0 Å². The Morgan fingerprint density at radius 2 is 1.75 bits per heavy atom. The lowest BCUT2D eigenvalue weighted by molar-refractivity contribution is 0.0976. The van der Waals surface area contributed by atoms with Crippen LogP contribution in [0.1, 0.15) is 49.0 Å². The van der Waals surface area contributed by atoms with Gasteiger partial charge in [-0.3, -0.25) is 15.1 Å². The Hall–Kier alpha value is -3.21. The van der Waals surface area contributed by atoms with Gasteiger partial charge in [-0.15, -0.1) is 0 Å². The third-order valence-corrected chi connectivity index (χ3v) is 4.64. The van der Waals surface area contributed by atoms with Gasteiger partial charge in [-0.1, -0.05) is 57.2 Å². The van der Waals surface area contributed by atoms with Crippen molar-refractivity contribution in [1.82, 2.24) is 10.3 Å². The summed E-state index contributed by atoms with van der Waals surface area (Å²) >= 11 is 0. The predicted molar refractivity (Wildman–Crippen MR) is 115 cm³/mol. The minimum atomic E-state index is -0.263. The molecule has 0 saturated heterocycles. The number of nitrogens with zero attached hydrogens (tertiary/aromatic N) is 2. The van der Waals surface area contributed by atoms with Gasteiger partial charge >= 0.3 is 0 Å². The second kappa shape index (κ2) is 8.65. The molecule has 3 rings (SSSR count). The fourth-order valence-electron chi connectivity index (χ4n) is 3.47. The van der Waals surface area contributed by atoms with E-state index in [-0.39, 0.29) is 17.8 Å². The van der Waals surface area contributed by atoms with E-state index < -0.39 is 0 Å². The number of benzene rings is 2. The van der Waals surface area contributed by atoms with E-state index in [1.54, 1.807) is 0 Å². The molecule has 3 aromatic rings. The van der Waals surface area contributed by atoms with Gasteiger partial charge in [0.1, 0.15) is 0 Å². The van der Waals surface area contributed by atoms with E-state index in [1.807, 2.05) is 60.8 Å². The van der Waals surface area contributed by atoms with Crippen molar-refractivity contribution >= 4 is 28.5 Å². The lowest BCUT2D eigenvalue weighted by Crippen LogP contribution is -2.37. The molecule has 0 spiro atoms. The van der Waals surface area contributed by atoms with Gasteiger partial charge in [-0.25, -0.2) is 4.99 Å². The van der Waals surface area contributed by atoms with Crippen molar-refractivity contribution < 1.29 is 4.79 Å². The van der Waals surface area contributed by atoms with Crippen LogP contribution in [0.15, 0.2) is 65.8 Å². The number of fused-ring (bicyclic) bond motifs is 1. The summed E-state index contributed by atoms with van der Waals surface area (Å²) in [5.74, 6) is 0.521. The molecule has 144 valence electrons. The third kappa shape index (κ3) is 4.55. The second-order valence-electron chi connectivity index (χ2n) is 7.42. The molecule has 1 heterocycles. The second-order valence-corrected chi connectivity index (χ2v) is 7.42. The first-order chi connectivity index (χ1) is 13.5. The number of nitrogens with one attached hydrogen (secondary N) is 1. The molecule has 28 heavy (non-hydrogen) atoms. The van der Waals surface area contributed by atoms with Crippen molar-refractivity contribution in [2.24, 2.45) is 16.6 Å². The molecule has 1 amide bonds. The molecule has 0 saturated carbocycles. The van der Waals surface area contributed by atoms with Crippen molar-refractivity contribution in [1.29, 1.82) is 0 Å². The molecule has 5 heteroatoms. The molecule has 5 nitrogen and oxygen atoms in total. The van der Waals surface area contributed by atoms with E-state index in [9.17, 15) is 4.79 Å². The van der Waals surface area contributed by atoms with Crippen LogP contribution in [0.25, 0.3) is 10.9 Å². The molecule has 1 aromatic heterocycles. The van der Waals surface area contributed by atoms with E-state index in [1.165, 1.54) is 0 Å². The van der Waals surface area contributed by atoms with Crippen molar-refractivity contribution in [2.75, 3.05) is 0 Å². The van der Waals surface area contributed by atoms with Crippen LogP contribution in [-0.2, 0) is 0 Å². The molecule has 0 radical (unpaired) electrons. The number of hydrogen-bond acceptors (Lipinski definition) is 3. The Balaban J connectivity index is 1.99. The number of nitrogens with two attached hydrogens (primary N) is 1. The number of rotatable bonds is 5. The number of guanidine groups is 1. The van der Waals surface area contributed by atoms with E-state index in [2.05, 4.69) is 36.1 Å². The van der Waals surface area contributed by atoms with Crippen LogP contribution in [0.4, 0.5) is 5.69 Å². The SMILES string of the molecule is CC(C)CC(C)c1cnc2ccccc2c1C(=O)NC(N)=Nc1ccccc1. The number of aliphatic imine (C=N–C) groups is 1. The fourth-order valence-corrected chi connectivity index (χ4v) is 3.47. The van der Waals surface area contributed by atoms with Crippen molar-refractivity contribution in [2.45, 2.75) is 33.1 Å². The summed E-state index contributed by atoms with van der Waals surface area (Å²) in [5, 5.41) is 3.57. The minimum Gasteiger partial charge on any atom is -0.369 e. The number of amides is 1. The van der Waals surface area contributed by atoms with Crippen molar-refractivity contribution in [3.63, 3.8) is 0 Å². The van der Waals surface area contributed by atoms with Crippen LogP contribution in [-0.4, -0.2) is 16.9 Å². The van der Waals surface area contributed by atoms with E-state index in [0.717, 1.165) is 22.9 Å². The molecule has 0 bridgehead atoms. The topological polar surface area (TPSA) is 80.4 Å². The predicted octanol–water partition coefficient (Wildman–Crippen LogP) is 4.76. The van der Waals surface area contributed by atoms with Crippen molar-refractivity contribution in [3.8, 4) is 0 Å². The van der Waals surface area contributed by atoms with Crippen LogP contribution in [0.2, 0.25) is 0 Å². The highest BCUT2D eigenvalue weighted by atomic mass is 16.1. The first-order valence-electron chi connectivity index (χ1n) is 9.54. The molecule has 0 aliphatic rings. The summed E-state index contributed by atoms with van der Waals surface area (Å²) < 4.78 is 0. The van der Waals surface area contributed by atoms with Gasteiger partial charge in [0.2, 0.25) is 5.96 Å². The molecule has 0 aliphatic heterocycles. The summed E-state index contributed by atoms with van der Waals surface area (Å²) in [6, 6.07) is 17.0. The standard InChI is InChI=1S/C23H26N4O/c1-15(2)13-16(3)19-14-25-20-12-8-7-11-18(20)21(19)22(28)27-23(24)26-17-9-5-4-6-10-17/h4-12,14-16H,13H2,1-3H3,(H3,24,26,27,28). The zero-order valence-corrected chi connectivity index (χ0v) is 16.5. The highest BCUT2D eigenvalue weighted by Gasteiger charge is 2.21. The summed E-state index contributed by atoms with van der Waals surface area (Å²) in [6.45, 7) is 6.48. The lowest BCUT2D eigenvalue weighted by atomic mass is 9.88. The molecule has 0 aliphatic carbocycles. The Morgan fingerprint density at radius 1 is 1.07 bits per heavy atom. The van der Waals surface area contributed by atoms with Gasteiger partial charge in [0.05, 0.1) is 16.8 Å². The van der Waals surface area contributed by atoms with Gasteiger partial charge in [-0.05, 0) is 42.0 Å². The quantitative estimate of drug-likeness (QED) is 0.499. The van der Waals surface area contributed by atoms with Gasteiger partial charge in [0, 0.05) is 11.6 Å². The number of aromatic nitrogens is 1. The number of hydrogen-bond donors (Lipinski definition) is 2. The number of para-hydroxylation sites is 2.